The summed E-state index contributed by atoms with van der Waals surface area (Å²) < 4.78 is 6.36. The van der Waals surface area contributed by atoms with Gasteiger partial charge in [-0.1, -0.05) is 36.4 Å². The van der Waals surface area contributed by atoms with E-state index in [-0.39, 0.29) is 6.10 Å². The van der Waals surface area contributed by atoms with Crippen LogP contribution >= 0.6 is 11.3 Å². The molecule has 4 rings (SSSR count). The van der Waals surface area contributed by atoms with Crippen LogP contribution in [0.3, 0.4) is 0 Å². The average Bonchev–Trinajstić information content (AvgIpc) is 2.89. The molecule has 2 nitrogen and oxygen atoms in total. The van der Waals surface area contributed by atoms with Gasteiger partial charge >= 0.3 is 0 Å². The van der Waals surface area contributed by atoms with Crippen molar-refractivity contribution >= 4 is 22.1 Å². The first-order chi connectivity index (χ1) is 10.3. The Bertz CT molecular complexity index is 788. The number of thiophene rings is 1. The molecule has 2 heterocycles. The van der Waals surface area contributed by atoms with E-state index in [1.807, 2.05) is 11.3 Å². The van der Waals surface area contributed by atoms with Gasteiger partial charge in [0.05, 0.1) is 4.88 Å². The summed E-state index contributed by atoms with van der Waals surface area (Å²) in [4.78, 5) is 2.73. The van der Waals surface area contributed by atoms with Crippen molar-refractivity contribution in [1.82, 2.24) is 5.32 Å². The lowest BCUT2D eigenvalue weighted by atomic mass is 10.1. The largest absolute Gasteiger partial charge is 0.483 e. The predicted molar refractivity (Wildman–Crippen MR) is 88.1 cm³/mol. The van der Waals surface area contributed by atoms with E-state index in [1.165, 1.54) is 26.1 Å². The lowest BCUT2D eigenvalue weighted by Gasteiger charge is -2.25. The number of ether oxygens (including phenoxy) is 1. The van der Waals surface area contributed by atoms with Crippen LogP contribution in [0.4, 0.5) is 0 Å². The summed E-state index contributed by atoms with van der Waals surface area (Å²) in [5.41, 5.74) is 1.38. The van der Waals surface area contributed by atoms with Crippen LogP contribution in [0.2, 0.25) is 0 Å². The molecule has 3 aromatic rings. The minimum atomic E-state index is 0.109. The van der Waals surface area contributed by atoms with Gasteiger partial charge in [0.1, 0.15) is 11.9 Å². The van der Waals surface area contributed by atoms with Gasteiger partial charge in [0.2, 0.25) is 0 Å². The molecule has 0 aliphatic carbocycles. The highest BCUT2D eigenvalue weighted by atomic mass is 32.1. The molecule has 0 amide bonds. The van der Waals surface area contributed by atoms with Gasteiger partial charge in [-0.3, -0.25) is 0 Å². The zero-order valence-electron chi connectivity index (χ0n) is 11.9. The molecule has 0 bridgehead atoms. The Morgan fingerprint density at radius 1 is 1.14 bits per heavy atom. The lowest BCUT2D eigenvalue weighted by Crippen LogP contribution is -2.29. The van der Waals surface area contributed by atoms with E-state index in [0.29, 0.717) is 0 Å². The molecule has 1 atom stereocenters. The molecule has 1 N–H and O–H groups in total. The quantitative estimate of drug-likeness (QED) is 0.755. The number of rotatable bonds is 2. The number of hydrogen-bond donors (Lipinski definition) is 1. The molecule has 0 saturated carbocycles. The Morgan fingerprint density at radius 3 is 2.95 bits per heavy atom. The summed E-state index contributed by atoms with van der Waals surface area (Å²) in [6, 6.07) is 16.9. The smallest absolute Gasteiger partial charge is 0.146 e. The maximum atomic E-state index is 6.36. The molecule has 1 unspecified atom stereocenters. The third-order valence-corrected chi connectivity index (χ3v) is 5.11. The van der Waals surface area contributed by atoms with E-state index in [4.69, 9.17) is 4.74 Å². The van der Waals surface area contributed by atoms with Gasteiger partial charge in [-0.05, 0) is 30.0 Å². The van der Waals surface area contributed by atoms with E-state index in [1.54, 1.807) is 0 Å². The number of hydrogen-bond acceptors (Lipinski definition) is 3. The van der Waals surface area contributed by atoms with Crippen LogP contribution in [-0.2, 0) is 6.54 Å². The highest BCUT2D eigenvalue weighted by molar-refractivity contribution is 7.12. The maximum Gasteiger partial charge on any atom is 0.146 e. The van der Waals surface area contributed by atoms with Gasteiger partial charge < -0.3 is 10.1 Å². The fourth-order valence-electron chi connectivity index (χ4n) is 2.97. The normalized spacial score (nSPS) is 17.7. The van der Waals surface area contributed by atoms with Crippen molar-refractivity contribution in [2.45, 2.75) is 19.6 Å². The first-order valence-corrected chi connectivity index (χ1v) is 8.07. The summed E-state index contributed by atoms with van der Waals surface area (Å²) in [5, 5.41) is 5.86. The second-order valence-corrected chi connectivity index (χ2v) is 6.75. The van der Waals surface area contributed by atoms with Crippen molar-refractivity contribution in [3.63, 3.8) is 0 Å². The number of fused-ring (bicyclic) bond motifs is 2. The Labute approximate surface area is 128 Å². The molecule has 21 heavy (non-hydrogen) atoms. The molecular weight excluding hydrogens is 278 g/mol. The van der Waals surface area contributed by atoms with Gasteiger partial charge in [-0.25, -0.2) is 0 Å². The average molecular weight is 295 g/mol. The summed E-state index contributed by atoms with van der Waals surface area (Å²) in [5.74, 6) is 0.971. The SMILES string of the molecule is Cc1cc2c(s1)C(Oc1cccc3ccccc13)CNC2. The fraction of sp³-hybridized carbons (Fsp3) is 0.222. The zero-order valence-corrected chi connectivity index (χ0v) is 12.7. The standard InChI is InChI=1S/C18H17NOS/c1-12-9-14-10-19-11-17(18(14)21-12)20-16-8-4-6-13-5-2-3-7-15(13)16/h2-9,17,19H,10-11H2,1H3. The van der Waals surface area contributed by atoms with E-state index < -0.39 is 0 Å². The van der Waals surface area contributed by atoms with Crippen LogP contribution in [0, 0.1) is 6.92 Å². The minimum Gasteiger partial charge on any atom is -0.483 e. The van der Waals surface area contributed by atoms with Crippen molar-refractivity contribution in [2.24, 2.45) is 0 Å². The molecule has 1 aliphatic rings. The Morgan fingerprint density at radius 2 is 2.00 bits per heavy atom. The summed E-state index contributed by atoms with van der Waals surface area (Å²) in [6.07, 6.45) is 0.109. The summed E-state index contributed by atoms with van der Waals surface area (Å²) >= 11 is 1.86. The van der Waals surface area contributed by atoms with Gasteiger partial charge in [-0.15, -0.1) is 11.3 Å². The molecule has 2 aromatic carbocycles. The van der Waals surface area contributed by atoms with Gasteiger partial charge in [-0.2, -0.15) is 0 Å². The first-order valence-electron chi connectivity index (χ1n) is 7.25. The Hall–Kier alpha value is -1.84. The molecule has 1 aromatic heterocycles. The van der Waals surface area contributed by atoms with Crippen molar-refractivity contribution < 1.29 is 4.74 Å². The number of aryl methyl sites for hydroxylation is 1. The molecule has 1 aliphatic heterocycles. The molecule has 106 valence electrons. The third-order valence-electron chi connectivity index (χ3n) is 3.92. The van der Waals surface area contributed by atoms with E-state index in [2.05, 4.69) is 60.8 Å². The maximum absolute atomic E-state index is 6.36. The lowest BCUT2D eigenvalue weighted by molar-refractivity contribution is 0.198. The molecule has 0 saturated heterocycles. The van der Waals surface area contributed by atoms with Crippen LogP contribution in [0.1, 0.15) is 21.4 Å². The molecule has 3 heteroatoms. The second-order valence-electron chi connectivity index (χ2n) is 5.46. The summed E-state index contributed by atoms with van der Waals surface area (Å²) in [7, 11) is 0. The number of benzene rings is 2. The zero-order chi connectivity index (χ0) is 14.2. The Balaban J connectivity index is 1.73. The second kappa shape index (κ2) is 5.17. The molecule has 0 spiro atoms. The van der Waals surface area contributed by atoms with Gasteiger partial charge in [0.15, 0.2) is 0 Å². The van der Waals surface area contributed by atoms with Crippen molar-refractivity contribution in [1.29, 1.82) is 0 Å². The van der Waals surface area contributed by atoms with Crippen LogP contribution in [0.15, 0.2) is 48.5 Å². The van der Waals surface area contributed by atoms with Crippen molar-refractivity contribution in [3.8, 4) is 5.75 Å². The van der Waals surface area contributed by atoms with Crippen LogP contribution in [-0.4, -0.2) is 6.54 Å². The molecule has 0 fully saturated rings. The van der Waals surface area contributed by atoms with E-state index >= 15 is 0 Å². The first kappa shape index (κ1) is 12.9. The van der Waals surface area contributed by atoms with E-state index in [9.17, 15) is 0 Å². The molecular formula is C18H17NOS. The predicted octanol–water partition coefficient (Wildman–Crippen LogP) is 4.43. The van der Waals surface area contributed by atoms with Crippen LogP contribution in [0.5, 0.6) is 5.75 Å². The van der Waals surface area contributed by atoms with Crippen LogP contribution < -0.4 is 10.1 Å². The van der Waals surface area contributed by atoms with Gasteiger partial charge in [0, 0.05) is 23.4 Å². The fourth-order valence-corrected chi connectivity index (χ4v) is 4.05. The highest BCUT2D eigenvalue weighted by Gasteiger charge is 2.24. The molecule has 0 radical (unpaired) electrons. The Kier molecular flexibility index (Phi) is 3.17. The number of nitrogens with one attached hydrogen (secondary N) is 1. The van der Waals surface area contributed by atoms with Crippen molar-refractivity contribution in [2.75, 3.05) is 6.54 Å². The highest BCUT2D eigenvalue weighted by Crippen LogP contribution is 2.35. The van der Waals surface area contributed by atoms with Crippen molar-refractivity contribution in [3.05, 3.63) is 63.8 Å². The third kappa shape index (κ3) is 2.33. The monoisotopic (exact) mass is 295 g/mol. The minimum absolute atomic E-state index is 0.109. The summed E-state index contributed by atoms with van der Waals surface area (Å²) in [6.45, 7) is 3.99. The van der Waals surface area contributed by atoms with Gasteiger partial charge in [0.25, 0.3) is 0 Å². The topological polar surface area (TPSA) is 21.3 Å². The van der Waals surface area contributed by atoms with E-state index in [0.717, 1.165) is 18.8 Å². The van der Waals surface area contributed by atoms with Crippen LogP contribution in [0.25, 0.3) is 10.8 Å².